The average Bonchev–Trinajstić information content (AvgIpc) is 3.49. The van der Waals surface area contributed by atoms with Crippen LogP contribution in [0.15, 0.2) is 128 Å². The van der Waals surface area contributed by atoms with Crippen molar-refractivity contribution in [3.8, 4) is 11.1 Å². The van der Waals surface area contributed by atoms with Crippen molar-refractivity contribution in [2.45, 2.75) is 63.6 Å². The maximum Gasteiger partial charge on any atom is 0.408 e. The number of likely N-dealkylation sites (tertiary alicyclic amines) is 1. The molecule has 11 nitrogen and oxygen atoms in total. The number of pyridine rings is 1. The first-order valence-corrected chi connectivity index (χ1v) is 18.9. The minimum absolute atomic E-state index is 0.0242. The zero-order valence-electron chi connectivity index (χ0n) is 31.3. The number of amides is 3. The predicted octanol–water partition coefficient (Wildman–Crippen LogP) is 6.51. The molecule has 56 heavy (non-hydrogen) atoms. The van der Waals surface area contributed by atoms with Gasteiger partial charge in [-0.05, 0) is 64.7 Å². The van der Waals surface area contributed by atoms with E-state index < -0.39 is 24.3 Å². The van der Waals surface area contributed by atoms with Gasteiger partial charge in [0.1, 0.15) is 12.6 Å². The largest absolute Gasteiger partial charge is 0.445 e. The molecule has 1 unspecified atom stereocenters. The molecule has 0 bridgehead atoms. The van der Waals surface area contributed by atoms with Crippen LogP contribution in [-0.4, -0.2) is 70.1 Å². The van der Waals surface area contributed by atoms with Crippen molar-refractivity contribution in [1.29, 1.82) is 0 Å². The number of rotatable bonds is 14. The van der Waals surface area contributed by atoms with E-state index in [2.05, 4.69) is 28.3 Å². The molecule has 3 amide bonds. The number of likely N-dealkylation sites (N-methyl/N-ethyl adjacent to an activating group) is 1. The number of hydrogen-bond donors (Lipinski definition) is 2. The normalized spacial score (nSPS) is 19.7. The van der Waals surface area contributed by atoms with Crippen molar-refractivity contribution in [1.82, 2.24) is 20.1 Å². The second-order valence-corrected chi connectivity index (χ2v) is 14.3. The van der Waals surface area contributed by atoms with Crippen LogP contribution in [0.25, 0.3) is 11.1 Å². The monoisotopic (exact) mass is 754 g/mol. The highest BCUT2D eigenvalue weighted by atomic mass is 16.7. The highest BCUT2D eigenvalue weighted by Crippen LogP contribution is 2.39. The van der Waals surface area contributed by atoms with Crippen molar-refractivity contribution in [2.24, 2.45) is 0 Å². The van der Waals surface area contributed by atoms with E-state index in [1.165, 1.54) is 4.90 Å². The molecule has 2 aliphatic heterocycles. The van der Waals surface area contributed by atoms with Gasteiger partial charge in [0.2, 0.25) is 5.91 Å². The van der Waals surface area contributed by atoms with Crippen LogP contribution in [0, 0.1) is 0 Å². The zero-order valence-corrected chi connectivity index (χ0v) is 31.3. The lowest BCUT2D eigenvalue weighted by Crippen LogP contribution is -2.41. The van der Waals surface area contributed by atoms with Gasteiger partial charge >= 0.3 is 6.09 Å². The van der Waals surface area contributed by atoms with Crippen LogP contribution in [0.4, 0.5) is 4.79 Å². The summed E-state index contributed by atoms with van der Waals surface area (Å²) >= 11 is 0. The third kappa shape index (κ3) is 9.92. The minimum Gasteiger partial charge on any atom is -0.445 e. The van der Waals surface area contributed by atoms with E-state index >= 15 is 0 Å². The SMILES string of the molecule is CN(CCc1ccccn1)C[C@@H]1C[C@H](c2ccc(CO)cc2)O[C@H](c2cccc(-c3cccc(CN4C(=O)CC(NC(=O)OCc5ccccc5)C4=O)c3)c2)O1. The van der Waals surface area contributed by atoms with Gasteiger partial charge in [0.15, 0.2) is 6.29 Å². The minimum atomic E-state index is -0.984. The molecule has 0 spiro atoms. The lowest BCUT2D eigenvalue weighted by Gasteiger charge is -2.38. The molecule has 5 aromatic rings. The average molecular weight is 755 g/mol. The summed E-state index contributed by atoms with van der Waals surface area (Å²) < 4.78 is 18.6. The van der Waals surface area contributed by atoms with Crippen LogP contribution in [-0.2, 0) is 50.0 Å². The van der Waals surface area contributed by atoms with Crippen molar-refractivity contribution in [2.75, 3.05) is 20.1 Å². The number of ether oxygens (including phenoxy) is 3. The summed E-state index contributed by atoms with van der Waals surface area (Å²) in [6.07, 6.45) is 1.47. The summed E-state index contributed by atoms with van der Waals surface area (Å²) in [6, 6.07) is 37.8. The number of alkyl carbamates (subject to hydrolysis) is 1. The lowest BCUT2D eigenvalue weighted by molar-refractivity contribution is -0.252. The van der Waals surface area contributed by atoms with E-state index in [1.54, 1.807) is 0 Å². The van der Waals surface area contributed by atoms with Crippen molar-refractivity contribution in [3.63, 3.8) is 0 Å². The van der Waals surface area contributed by atoms with Crippen molar-refractivity contribution < 1.29 is 33.7 Å². The molecule has 4 atom stereocenters. The van der Waals surface area contributed by atoms with Crippen molar-refractivity contribution in [3.05, 3.63) is 161 Å². The van der Waals surface area contributed by atoms with Gasteiger partial charge in [-0.2, -0.15) is 0 Å². The highest BCUT2D eigenvalue weighted by molar-refractivity contribution is 6.06. The molecular weight excluding hydrogens is 709 g/mol. The predicted molar refractivity (Wildman–Crippen MR) is 209 cm³/mol. The van der Waals surface area contributed by atoms with Crippen LogP contribution in [0.5, 0.6) is 0 Å². The Balaban J connectivity index is 1.02. The number of aliphatic hydroxyl groups excluding tert-OH is 1. The highest BCUT2D eigenvalue weighted by Gasteiger charge is 2.40. The van der Waals surface area contributed by atoms with Gasteiger partial charge < -0.3 is 29.5 Å². The fraction of sp³-hybridized carbons (Fsp3) is 0.289. The van der Waals surface area contributed by atoms with Gasteiger partial charge in [-0.15, -0.1) is 0 Å². The number of carbonyl (C=O) groups excluding carboxylic acids is 3. The topological polar surface area (TPSA) is 131 Å². The van der Waals surface area contributed by atoms with Crippen LogP contribution in [0.2, 0.25) is 0 Å². The maximum absolute atomic E-state index is 13.3. The van der Waals surface area contributed by atoms with Crippen LogP contribution < -0.4 is 5.32 Å². The first kappa shape index (κ1) is 38.6. The standard InChI is InChI=1S/C45H46N4O7/c1-48(22-20-38-15-5-6-21-46-38)28-39-25-41(34-18-16-31(29-50)17-19-34)56-44(55-39)37-14-8-13-36(24-37)35-12-7-11-33(23-35)27-49-42(51)26-40(43(49)52)47-45(53)54-30-32-9-3-2-4-10-32/h2-19,21,23-24,39-41,44,50H,20,22,25-30H2,1H3,(H,47,53)/t39-,40?,41+,44+/m0/s1. The number of carbonyl (C=O) groups is 3. The lowest BCUT2D eigenvalue weighted by atomic mass is 9.98. The Bertz CT molecular complexity index is 2100. The van der Waals surface area contributed by atoms with E-state index in [1.807, 2.05) is 121 Å². The molecule has 2 fully saturated rings. The summed E-state index contributed by atoms with van der Waals surface area (Å²) in [5.74, 6) is -0.831. The molecule has 2 aliphatic rings. The Hall–Kier alpha value is -5.72. The van der Waals surface area contributed by atoms with E-state index in [0.29, 0.717) is 13.0 Å². The molecule has 0 saturated carbocycles. The second kappa shape index (κ2) is 18.3. The third-order valence-corrected chi connectivity index (χ3v) is 10.1. The number of nitrogens with one attached hydrogen (secondary N) is 1. The Labute approximate surface area is 326 Å². The molecule has 1 aromatic heterocycles. The molecule has 7 rings (SSSR count). The molecule has 0 aliphatic carbocycles. The Morgan fingerprint density at radius 2 is 1.61 bits per heavy atom. The summed E-state index contributed by atoms with van der Waals surface area (Å²) in [5, 5.41) is 12.2. The number of aromatic nitrogens is 1. The second-order valence-electron chi connectivity index (χ2n) is 14.3. The summed E-state index contributed by atoms with van der Waals surface area (Å²) in [7, 11) is 2.09. The van der Waals surface area contributed by atoms with Crippen LogP contribution in [0.1, 0.15) is 58.7 Å². The molecule has 4 aromatic carbocycles. The number of benzene rings is 4. The third-order valence-electron chi connectivity index (χ3n) is 10.1. The zero-order chi connectivity index (χ0) is 38.9. The smallest absolute Gasteiger partial charge is 0.408 e. The number of aliphatic hydroxyl groups is 1. The van der Waals surface area contributed by atoms with E-state index in [-0.39, 0.29) is 44.3 Å². The fourth-order valence-electron chi connectivity index (χ4n) is 7.09. The van der Waals surface area contributed by atoms with Crippen molar-refractivity contribution >= 4 is 17.9 Å². The van der Waals surface area contributed by atoms with E-state index in [4.69, 9.17) is 14.2 Å². The quantitative estimate of drug-likeness (QED) is 0.122. The van der Waals surface area contributed by atoms with Gasteiger partial charge in [0.05, 0.1) is 31.8 Å². The van der Waals surface area contributed by atoms with Crippen LogP contribution in [0.3, 0.4) is 0 Å². The summed E-state index contributed by atoms with van der Waals surface area (Å²) in [4.78, 5) is 46.6. The van der Waals surface area contributed by atoms with E-state index in [0.717, 1.165) is 57.6 Å². The molecular formula is C45H46N4O7. The molecule has 2 saturated heterocycles. The molecule has 3 heterocycles. The fourth-order valence-corrected chi connectivity index (χ4v) is 7.09. The first-order chi connectivity index (χ1) is 27.3. The van der Waals surface area contributed by atoms with Gasteiger partial charge in [-0.25, -0.2) is 4.79 Å². The molecule has 288 valence electrons. The van der Waals surface area contributed by atoms with Gasteiger partial charge in [0, 0.05) is 43.4 Å². The molecule has 11 heteroatoms. The van der Waals surface area contributed by atoms with E-state index in [9.17, 15) is 19.5 Å². The van der Waals surface area contributed by atoms with Crippen LogP contribution >= 0.6 is 0 Å². The summed E-state index contributed by atoms with van der Waals surface area (Å²) in [5.41, 5.74) is 7.19. The Morgan fingerprint density at radius 1 is 0.857 bits per heavy atom. The molecule has 0 radical (unpaired) electrons. The van der Waals surface area contributed by atoms with Gasteiger partial charge in [-0.1, -0.05) is 97.1 Å². The number of imide groups is 1. The molecule has 2 N–H and O–H groups in total. The maximum atomic E-state index is 13.3. The number of nitrogens with zero attached hydrogens (tertiary/aromatic N) is 3. The van der Waals surface area contributed by atoms with Gasteiger partial charge in [0.25, 0.3) is 5.91 Å². The number of hydrogen-bond acceptors (Lipinski definition) is 9. The van der Waals surface area contributed by atoms with Gasteiger partial charge in [-0.3, -0.25) is 19.5 Å². The Kier molecular flexibility index (Phi) is 12.6. The Morgan fingerprint density at radius 3 is 2.38 bits per heavy atom. The summed E-state index contributed by atoms with van der Waals surface area (Å²) in [6.45, 7) is 1.65. The first-order valence-electron chi connectivity index (χ1n) is 18.9.